The van der Waals surface area contributed by atoms with E-state index in [1.807, 2.05) is 4.90 Å². The molecule has 1 N–H and O–H groups in total. The van der Waals surface area contributed by atoms with E-state index in [4.69, 9.17) is 5.26 Å². The van der Waals surface area contributed by atoms with Crippen LogP contribution in [-0.4, -0.2) is 53.3 Å². The molecule has 0 spiro atoms. The number of nitrogens with one attached hydrogen (secondary N) is 1. The summed E-state index contributed by atoms with van der Waals surface area (Å²) in [6.45, 7) is 3.66. The maximum atomic E-state index is 12.4. The van der Waals surface area contributed by atoms with E-state index in [-0.39, 0.29) is 23.9 Å². The predicted octanol–water partition coefficient (Wildman–Crippen LogP) is 2.03. The largest absolute Gasteiger partial charge is 0.338 e. The molecule has 0 unspecified atom stereocenters. The molecule has 1 aromatic heterocycles. The number of amides is 2. The molecular formula is C17H22N4O2S. The summed E-state index contributed by atoms with van der Waals surface area (Å²) in [5.41, 5.74) is 0.505. The summed E-state index contributed by atoms with van der Waals surface area (Å²) in [6.07, 6.45) is 4.15. The SMILES string of the molecule is CC(=O)N1CCC[C@H]1[C@H]1CCCN1CC(=O)Nc1sccc1C#N. The minimum atomic E-state index is -0.0896. The Balaban J connectivity index is 1.63. The van der Waals surface area contributed by atoms with Crippen LogP contribution in [0.3, 0.4) is 0 Å². The number of hydrogen-bond acceptors (Lipinski definition) is 5. The highest BCUT2D eigenvalue weighted by atomic mass is 32.1. The van der Waals surface area contributed by atoms with E-state index in [0.717, 1.165) is 38.8 Å². The Hall–Kier alpha value is -1.91. The van der Waals surface area contributed by atoms with E-state index < -0.39 is 0 Å². The van der Waals surface area contributed by atoms with Crippen molar-refractivity contribution in [3.8, 4) is 6.07 Å². The summed E-state index contributed by atoms with van der Waals surface area (Å²) in [7, 11) is 0. The fourth-order valence-corrected chi connectivity index (χ4v) is 4.67. The lowest BCUT2D eigenvalue weighted by atomic mass is 10.0. The van der Waals surface area contributed by atoms with Crippen LogP contribution >= 0.6 is 11.3 Å². The Labute approximate surface area is 146 Å². The first kappa shape index (κ1) is 16.9. The van der Waals surface area contributed by atoms with Crippen molar-refractivity contribution in [3.05, 3.63) is 17.0 Å². The predicted molar refractivity (Wildman–Crippen MR) is 92.7 cm³/mol. The molecule has 0 saturated carbocycles. The Bertz CT molecular complexity index is 666. The van der Waals surface area contributed by atoms with E-state index in [1.54, 1.807) is 18.4 Å². The number of nitriles is 1. The molecule has 7 heteroatoms. The van der Waals surface area contributed by atoms with Gasteiger partial charge in [-0.15, -0.1) is 11.3 Å². The normalized spacial score (nSPS) is 24.1. The summed E-state index contributed by atoms with van der Waals surface area (Å²) in [4.78, 5) is 28.4. The number of hydrogen-bond donors (Lipinski definition) is 1. The number of carbonyl (C=O) groups excluding carboxylic acids is 2. The molecule has 2 amide bonds. The monoisotopic (exact) mass is 346 g/mol. The Kier molecular flexibility index (Phi) is 5.17. The molecule has 0 radical (unpaired) electrons. The topological polar surface area (TPSA) is 76.4 Å². The Morgan fingerprint density at radius 1 is 1.33 bits per heavy atom. The molecule has 2 fully saturated rings. The van der Waals surface area contributed by atoms with Gasteiger partial charge in [0.15, 0.2) is 0 Å². The lowest BCUT2D eigenvalue weighted by Crippen LogP contribution is -2.49. The lowest BCUT2D eigenvalue weighted by Gasteiger charge is -2.34. The number of anilines is 1. The van der Waals surface area contributed by atoms with Gasteiger partial charge in [0.25, 0.3) is 0 Å². The van der Waals surface area contributed by atoms with Gasteiger partial charge < -0.3 is 10.2 Å². The molecule has 24 heavy (non-hydrogen) atoms. The molecule has 3 rings (SSSR count). The van der Waals surface area contributed by atoms with Crippen LogP contribution in [0.1, 0.15) is 38.2 Å². The number of likely N-dealkylation sites (tertiary alicyclic amines) is 2. The second kappa shape index (κ2) is 7.32. The van der Waals surface area contributed by atoms with Crippen molar-refractivity contribution in [2.24, 2.45) is 0 Å². The quantitative estimate of drug-likeness (QED) is 0.905. The number of thiophene rings is 1. The number of nitrogens with zero attached hydrogens (tertiary/aromatic N) is 3. The first-order chi connectivity index (χ1) is 11.6. The van der Waals surface area contributed by atoms with Gasteiger partial charge in [0.1, 0.15) is 11.1 Å². The van der Waals surface area contributed by atoms with Crippen molar-refractivity contribution >= 4 is 28.2 Å². The van der Waals surface area contributed by atoms with E-state index in [2.05, 4.69) is 16.3 Å². The molecule has 0 bridgehead atoms. The van der Waals surface area contributed by atoms with E-state index in [0.29, 0.717) is 17.1 Å². The fraction of sp³-hybridized carbons (Fsp3) is 0.588. The molecule has 0 aromatic carbocycles. The van der Waals surface area contributed by atoms with Crippen LogP contribution in [0.25, 0.3) is 0 Å². The number of carbonyl (C=O) groups is 2. The third kappa shape index (κ3) is 3.45. The minimum absolute atomic E-state index is 0.0896. The Morgan fingerprint density at radius 3 is 2.83 bits per heavy atom. The second-order valence-electron chi connectivity index (χ2n) is 6.43. The highest BCUT2D eigenvalue weighted by Gasteiger charge is 2.39. The average Bonchev–Trinajstić information content (AvgIpc) is 3.25. The van der Waals surface area contributed by atoms with Crippen molar-refractivity contribution in [1.82, 2.24) is 9.80 Å². The van der Waals surface area contributed by atoms with E-state index in [9.17, 15) is 9.59 Å². The zero-order chi connectivity index (χ0) is 17.1. The van der Waals surface area contributed by atoms with E-state index >= 15 is 0 Å². The van der Waals surface area contributed by atoms with Crippen molar-refractivity contribution in [2.75, 3.05) is 25.0 Å². The first-order valence-electron chi connectivity index (χ1n) is 8.39. The van der Waals surface area contributed by atoms with Gasteiger partial charge in [-0.2, -0.15) is 5.26 Å². The average molecular weight is 346 g/mol. The summed E-state index contributed by atoms with van der Waals surface area (Å²) in [5, 5.41) is 14.3. The van der Waals surface area contributed by atoms with Crippen molar-refractivity contribution < 1.29 is 9.59 Å². The van der Waals surface area contributed by atoms with Crippen LogP contribution in [0, 0.1) is 11.3 Å². The van der Waals surface area contributed by atoms with Crippen LogP contribution in [0.5, 0.6) is 0 Å². The zero-order valence-electron chi connectivity index (χ0n) is 13.8. The molecule has 3 heterocycles. The number of rotatable bonds is 4. The molecule has 6 nitrogen and oxygen atoms in total. The molecule has 2 saturated heterocycles. The maximum Gasteiger partial charge on any atom is 0.239 e. The minimum Gasteiger partial charge on any atom is -0.338 e. The summed E-state index contributed by atoms with van der Waals surface area (Å²) < 4.78 is 0. The fourth-order valence-electron chi connectivity index (χ4n) is 3.91. The van der Waals surface area contributed by atoms with Crippen molar-refractivity contribution in [1.29, 1.82) is 5.26 Å². The van der Waals surface area contributed by atoms with Crippen molar-refractivity contribution in [3.63, 3.8) is 0 Å². The summed E-state index contributed by atoms with van der Waals surface area (Å²) in [5.74, 6) is 0.0410. The maximum absolute atomic E-state index is 12.4. The first-order valence-corrected chi connectivity index (χ1v) is 9.27. The highest BCUT2D eigenvalue weighted by Crippen LogP contribution is 2.30. The van der Waals surface area contributed by atoms with Gasteiger partial charge in [-0.1, -0.05) is 0 Å². The standard InChI is InChI=1S/C17H22N4O2S/c1-12(22)21-8-3-5-15(21)14-4-2-7-20(14)11-16(23)19-17-13(10-18)6-9-24-17/h6,9,14-15H,2-5,7-8,11H2,1H3,(H,19,23)/t14-,15+/m1/s1. The Morgan fingerprint density at radius 2 is 2.08 bits per heavy atom. The van der Waals surface area contributed by atoms with Crippen LogP contribution in [0.2, 0.25) is 0 Å². The molecule has 2 aliphatic heterocycles. The third-order valence-corrected chi connectivity index (χ3v) is 5.78. The van der Waals surface area contributed by atoms with Gasteiger partial charge in [-0.3, -0.25) is 14.5 Å². The molecule has 2 atom stereocenters. The van der Waals surface area contributed by atoms with Gasteiger partial charge in [-0.25, -0.2) is 0 Å². The molecule has 0 aliphatic carbocycles. The molecule has 2 aliphatic rings. The summed E-state index contributed by atoms with van der Waals surface area (Å²) >= 11 is 1.36. The molecular weight excluding hydrogens is 324 g/mol. The van der Waals surface area contributed by atoms with Gasteiger partial charge >= 0.3 is 0 Å². The van der Waals surface area contributed by atoms with Crippen LogP contribution < -0.4 is 5.32 Å². The smallest absolute Gasteiger partial charge is 0.239 e. The van der Waals surface area contributed by atoms with Gasteiger partial charge in [0.2, 0.25) is 11.8 Å². The van der Waals surface area contributed by atoms with Gasteiger partial charge in [-0.05, 0) is 43.7 Å². The zero-order valence-corrected chi connectivity index (χ0v) is 14.6. The van der Waals surface area contributed by atoms with Crippen LogP contribution in [0.4, 0.5) is 5.00 Å². The van der Waals surface area contributed by atoms with E-state index in [1.165, 1.54) is 11.3 Å². The van der Waals surface area contributed by atoms with Gasteiger partial charge in [0, 0.05) is 25.6 Å². The summed E-state index contributed by atoms with van der Waals surface area (Å²) in [6, 6.07) is 4.29. The lowest BCUT2D eigenvalue weighted by molar-refractivity contribution is -0.130. The molecule has 1 aromatic rings. The third-order valence-electron chi connectivity index (χ3n) is 4.95. The van der Waals surface area contributed by atoms with Crippen molar-refractivity contribution in [2.45, 2.75) is 44.7 Å². The van der Waals surface area contributed by atoms with Gasteiger partial charge in [0.05, 0.1) is 12.1 Å². The van der Waals surface area contributed by atoms with Crippen LogP contribution in [0.15, 0.2) is 11.4 Å². The highest BCUT2D eigenvalue weighted by molar-refractivity contribution is 7.14. The van der Waals surface area contributed by atoms with Crippen LogP contribution in [-0.2, 0) is 9.59 Å². The molecule has 128 valence electrons. The second-order valence-corrected chi connectivity index (χ2v) is 7.34.